The third-order valence-electron chi connectivity index (χ3n) is 5.38. The van der Waals surface area contributed by atoms with E-state index in [-0.39, 0.29) is 5.54 Å². The molecule has 0 N–H and O–H groups in total. The van der Waals surface area contributed by atoms with Crippen LogP contribution >= 0.6 is 0 Å². The molecule has 1 aromatic rings. The van der Waals surface area contributed by atoms with Gasteiger partial charge in [-0.2, -0.15) is 5.26 Å². The first-order chi connectivity index (χ1) is 11.9. The van der Waals surface area contributed by atoms with Crippen molar-refractivity contribution >= 4 is 0 Å². The largest absolute Gasteiger partial charge is 0.360 e. The molecule has 2 heteroatoms. The Bertz CT molecular complexity index is 755. The van der Waals surface area contributed by atoms with Crippen molar-refractivity contribution in [2.24, 2.45) is 5.92 Å². The lowest BCUT2D eigenvalue weighted by Gasteiger charge is -2.52. The zero-order valence-electron chi connectivity index (χ0n) is 15.2. The molecule has 25 heavy (non-hydrogen) atoms. The molecule has 1 saturated heterocycles. The first-order valence-electron chi connectivity index (χ1n) is 9.00. The molecule has 1 fully saturated rings. The summed E-state index contributed by atoms with van der Waals surface area (Å²) >= 11 is 0. The van der Waals surface area contributed by atoms with Crippen LogP contribution in [-0.4, -0.2) is 16.5 Å². The van der Waals surface area contributed by atoms with Gasteiger partial charge in [0.25, 0.3) is 0 Å². The minimum atomic E-state index is -0.0619. The van der Waals surface area contributed by atoms with Gasteiger partial charge in [0.2, 0.25) is 0 Å². The van der Waals surface area contributed by atoms with Crippen LogP contribution in [0.1, 0.15) is 37.8 Å². The van der Waals surface area contributed by atoms with E-state index in [1.165, 1.54) is 11.3 Å². The summed E-state index contributed by atoms with van der Waals surface area (Å²) in [5.41, 5.74) is 4.19. The number of hydrogen-bond donors (Lipinski definition) is 0. The Hall–Kier alpha value is -2.53. The van der Waals surface area contributed by atoms with Crippen molar-refractivity contribution in [1.82, 2.24) is 4.90 Å². The predicted molar refractivity (Wildman–Crippen MR) is 104 cm³/mol. The molecule has 1 atom stereocenters. The highest BCUT2D eigenvalue weighted by Crippen LogP contribution is 2.43. The van der Waals surface area contributed by atoms with Gasteiger partial charge in [0.05, 0.1) is 17.2 Å². The first kappa shape index (κ1) is 17.3. The molecule has 128 valence electrons. The third kappa shape index (κ3) is 3.33. The summed E-state index contributed by atoms with van der Waals surface area (Å²) in [6.07, 6.45) is 12.0. The number of nitrogens with zero attached hydrogens (tertiary/aromatic N) is 2. The minimum absolute atomic E-state index is 0.0619. The molecule has 2 aliphatic rings. The fourth-order valence-corrected chi connectivity index (χ4v) is 4.13. The fourth-order valence-electron chi connectivity index (χ4n) is 4.13. The van der Waals surface area contributed by atoms with Crippen LogP contribution in [0.5, 0.6) is 0 Å². The number of rotatable bonds is 3. The van der Waals surface area contributed by atoms with Gasteiger partial charge < -0.3 is 4.90 Å². The summed E-state index contributed by atoms with van der Waals surface area (Å²) in [6.45, 7) is 13.0. The van der Waals surface area contributed by atoms with Gasteiger partial charge in [-0.1, -0.05) is 49.6 Å². The summed E-state index contributed by atoms with van der Waals surface area (Å²) in [5.74, 6) is 0.438. The highest BCUT2D eigenvalue weighted by Gasteiger charge is 2.41. The van der Waals surface area contributed by atoms with Crippen LogP contribution in [0.15, 0.2) is 73.0 Å². The SMILES string of the molecule is C=C1C=CC2(C=C1)CCC(Cc1ccc(C#N)cc1)C(=C)N2C(C)C. The van der Waals surface area contributed by atoms with Crippen LogP contribution < -0.4 is 0 Å². The van der Waals surface area contributed by atoms with Gasteiger partial charge >= 0.3 is 0 Å². The van der Waals surface area contributed by atoms with Gasteiger partial charge in [0.15, 0.2) is 0 Å². The molecule has 3 rings (SSSR count). The monoisotopic (exact) mass is 330 g/mol. The highest BCUT2D eigenvalue weighted by molar-refractivity contribution is 5.42. The minimum Gasteiger partial charge on any atom is -0.360 e. The van der Waals surface area contributed by atoms with Gasteiger partial charge in [-0.05, 0) is 56.4 Å². The van der Waals surface area contributed by atoms with Crippen molar-refractivity contribution in [1.29, 1.82) is 5.26 Å². The molecule has 2 nitrogen and oxygen atoms in total. The van der Waals surface area contributed by atoms with Crippen LogP contribution in [-0.2, 0) is 6.42 Å². The number of benzene rings is 1. The lowest BCUT2D eigenvalue weighted by molar-refractivity contribution is 0.108. The van der Waals surface area contributed by atoms with Crippen molar-refractivity contribution < 1.29 is 0 Å². The molecule has 1 unspecified atom stereocenters. The number of hydrogen-bond acceptors (Lipinski definition) is 2. The van der Waals surface area contributed by atoms with Crippen LogP contribution in [0.2, 0.25) is 0 Å². The standard InChI is InChI=1S/C23H26N2/c1-17(2)25-19(4)22(15-20-5-7-21(16-24)8-6-20)11-14-23(25)12-9-18(3)10-13-23/h5-10,12-13,17,22H,3-4,11,14-15H2,1-2H3. The van der Waals surface area contributed by atoms with E-state index >= 15 is 0 Å². The van der Waals surface area contributed by atoms with Gasteiger partial charge in [-0.3, -0.25) is 0 Å². The van der Waals surface area contributed by atoms with Gasteiger partial charge in [-0.15, -0.1) is 0 Å². The van der Waals surface area contributed by atoms with E-state index in [0.717, 1.165) is 24.8 Å². The average Bonchev–Trinajstić information content (AvgIpc) is 2.60. The zero-order valence-corrected chi connectivity index (χ0v) is 15.2. The highest BCUT2D eigenvalue weighted by atomic mass is 15.2. The molecule has 0 bridgehead atoms. The Kier molecular flexibility index (Phi) is 4.68. The lowest BCUT2D eigenvalue weighted by atomic mass is 9.75. The molecule has 0 amide bonds. The van der Waals surface area contributed by atoms with Crippen LogP contribution in [0.3, 0.4) is 0 Å². The summed E-state index contributed by atoms with van der Waals surface area (Å²) < 4.78 is 0. The molecule has 1 heterocycles. The number of allylic oxidation sites excluding steroid dienone is 4. The van der Waals surface area contributed by atoms with Crippen molar-refractivity contribution in [3.05, 3.63) is 84.1 Å². The van der Waals surface area contributed by atoms with Crippen LogP contribution in [0, 0.1) is 17.2 Å². The number of likely N-dealkylation sites (tertiary alicyclic amines) is 1. The summed E-state index contributed by atoms with van der Waals surface area (Å²) in [5, 5.41) is 8.96. The van der Waals surface area contributed by atoms with E-state index in [1.807, 2.05) is 12.1 Å². The van der Waals surface area contributed by atoms with Crippen molar-refractivity contribution in [2.45, 2.75) is 44.7 Å². The second-order valence-corrected chi connectivity index (χ2v) is 7.44. The number of nitriles is 1. The van der Waals surface area contributed by atoms with E-state index in [4.69, 9.17) is 5.26 Å². The van der Waals surface area contributed by atoms with E-state index in [1.54, 1.807) is 0 Å². The molecule has 1 aromatic carbocycles. The summed E-state index contributed by atoms with van der Waals surface area (Å²) in [7, 11) is 0. The van der Waals surface area contributed by atoms with Crippen molar-refractivity contribution in [3.8, 4) is 6.07 Å². The molecular weight excluding hydrogens is 304 g/mol. The Morgan fingerprint density at radius 3 is 2.40 bits per heavy atom. The molecule has 0 saturated carbocycles. The van der Waals surface area contributed by atoms with Crippen LogP contribution in [0.4, 0.5) is 0 Å². The quantitative estimate of drug-likeness (QED) is 0.766. The molecule has 0 aromatic heterocycles. The third-order valence-corrected chi connectivity index (χ3v) is 5.38. The maximum atomic E-state index is 8.96. The average molecular weight is 330 g/mol. The first-order valence-corrected chi connectivity index (χ1v) is 9.00. The second kappa shape index (κ2) is 6.76. The van der Waals surface area contributed by atoms with Gasteiger partial charge in [-0.25, -0.2) is 0 Å². The van der Waals surface area contributed by atoms with Gasteiger partial charge in [0.1, 0.15) is 0 Å². The Morgan fingerprint density at radius 2 is 1.84 bits per heavy atom. The van der Waals surface area contributed by atoms with Crippen LogP contribution in [0.25, 0.3) is 0 Å². The Labute approximate surface area is 151 Å². The second-order valence-electron chi connectivity index (χ2n) is 7.44. The van der Waals surface area contributed by atoms with Crippen molar-refractivity contribution in [3.63, 3.8) is 0 Å². The molecule has 0 radical (unpaired) electrons. The Balaban J connectivity index is 1.82. The summed E-state index contributed by atoms with van der Waals surface area (Å²) in [6, 6.07) is 10.5. The lowest BCUT2D eigenvalue weighted by Crippen LogP contribution is -2.53. The fraction of sp³-hybridized carbons (Fsp3) is 0.348. The maximum Gasteiger partial charge on any atom is 0.0991 e. The van der Waals surface area contributed by atoms with E-state index in [2.05, 4.69) is 74.4 Å². The molecule has 1 aliphatic heterocycles. The van der Waals surface area contributed by atoms with Crippen molar-refractivity contribution in [2.75, 3.05) is 0 Å². The van der Waals surface area contributed by atoms with E-state index < -0.39 is 0 Å². The smallest absolute Gasteiger partial charge is 0.0991 e. The molecule has 1 aliphatic carbocycles. The number of piperidine rings is 1. The predicted octanol–water partition coefficient (Wildman–Crippen LogP) is 5.16. The van der Waals surface area contributed by atoms with E-state index in [9.17, 15) is 0 Å². The summed E-state index contributed by atoms with van der Waals surface area (Å²) in [4.78, 5) is 2.48. The maximum absolute atomic E-state index is 8.96. The topological polar surface area (TPSA) is 27.0 Å². The Morgan fingerprint density at radius 1 is 1.20 bits per heavy atom. The van der Waals surface area contributed by atoms with E-state index in [0.29, 0.717) is 17.5 Å². The zero-order chi connectivity index (χ0) is 18.0. The normalized spacial score (nSPS) is 21.8. The molecular formula is C23H26N2. The molecule has 1 spiro atoms. The van der Waals surface area contributed by atoms with Gasteiger partial charge in [0, 0.05) is 17.7 Å².